The molecular formula is C15H22ClNO2. The van der Waals surface area contributed by atoms with Crippen LogP contribution in [0, 0.1) is 6.92 Å². The molecule has 1 atom stereocenters. The Kier molecular flexibility index (Phi) is 6.32. The number of carbonyl (C=O) groups is 1. The summed E-state index contributed by atoms with van der Waals surface area (Å²) in [5.74, 6) is -0.668. The first-order chi connectivity index (χ1) is 8.66. The van der Waals surface area contributed by atoms with Crippen molar-refractivity contribution in [2.24, 2.45) is 0 Å². The molecule has 0 saturated carbocycles. The zero-order valence-electron chi connectivity index (χ0n) is 11.3. The fourth-order valence-electron chi connectivity index (χ4n) is 2.57. The van der Waals surface area contributed by atoms with Crippen LogP contribution >= 0.6 is 12.4 Å². The average Bonchev–Trinajstić information content (AvgIpc) is 2.38. The summed E-state index contributed by atoms with van der Waals surface area (Å²) >= 11 is 0. The van der Waals surface area contributed by atoms with Crippen LogP contribution in [0.15, 0.2) is 24.3 Å². The largest absolute Gasteiger partial charge is 0.480 e. The SMILES string of the molecule is Cc1ccc(CCN2CCCCC2C(=O)O)cc1.Cl. The van der Waals surface area contributed by atoms with E-state index in [1.807, 2.05) is 0 Å². The van der Waals surface area contributed by atoms with E-state index in [9.17, 15) is 9.90 Å². The number of aliphatic carboxylic acids is 1. The number of carboxylic acids is 1. The van der Waals surface area contributed by atoms with Gasteiger partial charge < -0.3 is 5.11 Å². The van der Waals surface area contributed by atoms with Gasteiger partial charge in [0.2, 0.25) is 0 Å². The summed E-state index contributed by atoms with van der Waals surface area (Å²) in [7, 11) is 0. The molecule has 1 fully saturated rings. The molecule has 0 aromatic heterocycles. The number of hydrogen-bond donors (Lipinski definition) is 1. The van der Waals surface area contributed by atoms with Crippen LogP contribution in [0.1, 0.15) is 30.4 Å². The van der Waals surface area contributed by atoms with Crippen molar-refractivity contribution < 1.29 is 9.90 Å². The summed E-state index contributed by atoms with van der Waals surface area (Å²) in [6.07, 6.45) is 3.89. The van der Waals surface area contributed by atoms with Crippen LogP contribution in [0.2, 0.25) is 0 Å². The van der Waals surface area contributed by atoms with Gasteiger partial charge in [0.15, 0.2) is 0 Å². The molecule has 0 aliphatic carbocycles. The highest BCUT2D eigenvalue weighted by Gasteiger charge is 2.27. The Balaban J connectivity index is 0.00000180. The molecular weight excluding hydrogens is 262 g/mol. The van der Waals surface area contributed by atoms with Gasteiger partial charge in [-0.2, -0.15) is 0 Å². The fourth-order valence-corrected chi connectivity index (χ4v) is 2.57. The molecule has 1 aromatic rings. The topological polar surface area (TPSA) is 40.5 Å². The quantitative estimate of drug-likeness (QED) is 0.924. The Morgan fingerprint density at radius 2 is 2.00 bits per heavy atom. The predicted molar refractivity (Wildman–Crippen MR) is 79.0 cm³/mol. The highest BCUT2D eigenvalue weighted by molar-refractivity contribution is 5.85. The zero-order valence-corrected chi connectivity index (χ0v) is 12.2. The van der Waals surface area contributed by atoms with Gasteiger partial charge in [0.05, 0.1) is 0 Å². The van der Waals surface area contributed by atoms with Gasteiger partial charge in [-0.3, -0.25) is 9.69 Å². The monoisotopic (exact) mass is 283 g/mol. The van der Waals surface area contributed by atoms with Crippen molar-refractivity contribution in [3.8, 4) is 0 Å². The zero-order chi connectivity index (χ0) is 13.0. The van der Waals surface area contributed by atoms with E-state index in [0.29, 0.717) is 0 Å². The summed E-state index contributed by atoms with van der Waals surface area (Å²) in [6.45, 7) is 3.84. The van der Waals surface area contributed by atoms with Crippen molar-refractivity contribution in [3.05, 3.63) is 35.4 Å². The maximum Gasteiger partial charge on any atom is 0.320 e. The number of halogens is 1. The van der Waals surface area contributed by atoms with Gasteiger partial charge in [0.1, 0.15) is 6.04 Å². The minimum atomic E-state index is -0.668. The standard InChI is InChI=1S/C15H21NO2.ClH/c1-12-5-7-13(8-6-12)9-11-16-10-3-2-4-14(16)15(17)18;/h5-8,14H,2-4,9-11H2,1H3,(H,17,18);1H. The van der Waals surface area contributed by atoms with Crippen molar-refractivity contribution in [2.75, 3.05) is 13.1 Å². The highest BCUT2D eigenvalue weighted by Crippen LogP contribution is 2.17. The molecule has 19 heavy (non-hydrogen) atoms. The van der Waals surface area contributed by atoms with E-state index in [1.165, 1.54) is 11.1 Å². The molecule has 0 radical (unpaired) electrons. The molecule has 1 aliphatic rings. The van der Waals surface area contributed by atoms with Crippen LogP contribution in [0.4, 0.5) is 0 Å². The van der Waals surface area contributed by atoms with Crippen molar-refractivity contribution >= 4 is 18.4 Å². The van der Waals surface area contributed by atoms with Crippen molar-refractivity contribution in [2.45, 2.75) is 38.6 Å². The number of piperidine rings is 1. The molecule has 3 nitrogen and oxygen atoms in total. The first-order valence-electron chi connectivity index (χ1n) is 6.69. The summed E-state index contributed by atoms with van der Waals surface area (Å²) in [4.78, 5) is 13.3. The normalized spacial score (nSPS) is 19.7. The van der Waals surface area contributed by atoms with E-state index in [4.69, 9.17) is 0 Å². The number of nitrogens with zero attached hydrogens (tertiary/aromatic N) is 1. The van der Waals surface area contributed by atoms with Gasteiger partial charge >= 0.3 is 5.97 Å². The second kappa shape index (κ2) is 7.51. The number of aryl methyl sites for hydroxylation is 1. The molecule has 1 aliphatic heterocycles. The lowest BCUT2D eigenvalue weighted by molar-refractivity contribution is -0.144. The minimum absolute atomic E-state index is 0. The average molecular weight is 284 g/mol. The van der Waals surface area contributed by atoms with Crippen LogP contribution in [0.3, 0.4) is 0 Å². The summed E-state index contributed by atoms with van der Waals surface area (Å²) in [5, 5.41) is 9.20. The number of likely N-dealkylation sites (tertiary alicyclic amines) is 1. The summed E-state index contributed by atoms with van der Waals surface area (Å²) in [5.41, 5.74) is 2.55. The Morgan fingerprint density at radius 1 is 1.32 bits per heavy atom. The summed E-state index contributed by atoms with van der Waals surface area (Å²) in [6, 6.07) is 8.22. The Labute approximate surface area is 121 Å². The first-order valence-corrected chi connectivity index (χ1v) is 6.69. The van der Waals surface area contributed by atoms with Crippen LogP contribution in [-0.4, -0.2) is 35.1 Å². The number of carboxylic acid groups (broad SMARTS) is 1. The van der Waals surface area contributed by atoms with Gasteiger partial charge in [-0.1, -0.05) is 36.2 Å². The van der Waals surface area contributed by atoms with Gasteiger partial charge in [0.25, 0.3) is 0 Å². The van der Waals surface area contributed by atoms with E-state index < -0.39 is 5.97 Å². The predicted octanol–water partition coefficient (Wildman–Crippen LogP) is 2.90. The minimum Gasteiger partial charge on any atom is -0.480 e. The van der Waals surface area contributed by atoms with E-state index in [-0.39, 0.29) is 18.4 Å². The molecule has 0 bridgehead atoms. The molecule has 1 unspecified atom stereocenters. The van der Waals surface area contributed by atoms with Gasteiger partial charge in [-0.05, 0) is 38.3 Å². The van der Waals surface area contributed by atoms with Gasteiger partial charge in [0, 0.05) is 6.54 Å². The van der Waals surface area contributed by atoms with E-state index in [0.717, 1.165) is 38.8 Å². The molecule has 4 heteroatoms. The van der Waals surface area contributed by atoms with E-state index in [2.05, 4.69) is 36.1 Å². The molecule has 1 aromatic carbocycles. The van der Waals surface area contributed by atoms with Gasteiger partial charge in [-0.15, -0.1) is 12.4 Å². The number of rotatable bonds is 4. The van der Waals surface area contributed by atoms with Crippen LogP contribution in [0.25, 0.3) is 0 Å². The van der Waals surface area contributed by atoms with Crippen LogP contribution < -0.4 is 0 Å². The Hall–Kier alpha value is -1.06. The lowest BCUT2D eigenvalue weighted by Crippen LogP contribution is -2.45. The fraction of sp³-hybridized carbons (Fsp3) is 0.533. The second-order valence-electron chi connectivity index (χ2n) is 5.12. The maximum absolute atomic E-state index is 11.2. The highest BCUT2D eigenvalue weighted by atomic mass is 35.5. The third-order valence-corrected chi connectivity index (χ3v) is 3.71. The van der Waals surface area contributed by atoms with E-state index >= 15 is 0 Å². The molecule has 106 valence electrons. The maximum atomic E-state index is 11.2. The second-order valence-corrected chi connectivity index (χ2v) is 5.12. The van der Waals surface area contributed by atoms with E-state index in [1.54, 1.807) is 0 Å². The van der Waals surface area contributed by atoms with Crippen molar-refractivity contribution in [1.29, 1.82) is 0 Å². The molecule has 1 N–H and O–H groups in total. The molecule has 0 amide bonds. The number of benzene rings is 1. The Bertz CT molecular complexity index is 405. The lowest BCUT2D eigenvalue weighted by atomic mass is 10.0. The van der Waals surface area contributed by atoms with Crippen LogP contribution in [0.5, 0.6) is 0 Å². The molecule has 1 heterocycles. The number of hydrogen-bond acceptors (Lipinski definition) is 2. The molecule has 2 rings (SSSR count). The lowest BCUT2D eigenvalue weighted by Gasteiger charge is -2.32. The third-order valence-electron chi connectivity index (χ3n) is 3.71. The van der Waals surface area contributed by atoms with Crippen LogP contribution in [-0.2, 0) is 11.2 Å². The van der Waals surface area contributed by atoms with Crippen molar-refractivity contribution in [1.82, 2.24) is 4.90 Å². The third kappa shape index (κ3) is 4.51. The Morgan fingerprint density at radius 3 is 2.63 bits per heavy atom. The van der Waals surface area contributed by atoms with Crippen molar-refractivity contribution in [3.63, 3.8) is 0 Å². The van der Waals surface area contributed by atoms with Gasteiger partial charge in [-0.25, -0.2) is 0 Å². The summed E-state index contributed by atoms with van der Waals surface area (Å²) < 4.78 is 0. The first kappa shape index (κ1) is 16.0. The molecule has 0 spiro atoms. The molecule has 1 saturated heterocycles. The smallest absolute Gasteiger partial charge is 0.320 e.